The number of hydrogen-bond acceptors (Lipinski definition) is 3. The lowest BCUT2D eigenvalue weighted by molar-refractivity contribution is -0.118. The quantitative estimate of drug-likeness (QED) is 0.240. The van der Waals surface area contributed by atoms with Crippen LogP contribution in [0.3, 0.4) is 0 Å². The van der Waals surface area contributed by atoms with Crippen LogP contribution in [0.15, 0.2) is 24.3 Å². The molecule has 3 heteroatoms. The molecule has 2 aliphatic carbocycles. The Morgan fingerprint density at radius 2 is 1.84 bits per heavy atom. The minimum absolute atomic E-state index is 0.0359. The summed E-state index contributed by atoms with van der Waals surface area (Å²) in [6.07, 6.45) is 16.9. The van der Waals surface area contributed by atoms with Crippen molar-refractivity contribution in [1.29, 1.82) is 0 Å². The van der Waals surface area contributed by atoms with Crippen molar-refractivity contribution in [2.45, 2.75) is 78.6 Å². The molecule has 25 heavy (non-hydrogen) atoms. The van der Waals surface area contributed by atoms with E-state index in [4.69, 9.17) is 0 Å². The number of hydrogen-bond donors (Lipinski definition) is 0. The van der Waals surface area contributed by atoms with Gasteiger partial charge in [-0.1, -0.05) is 58.8 Å². The van der Waals surface area contributed by atoms with E-state index in [9.17, 15) is 14.4 Å². The molecule has 3 atom stereocenters. The van der Waals surface area contributed by atoms with E-state index in [0.29, 0.717) is 17.4 Å². The molecule has 0 aromatic carbocycles. The van der Waals surface area contributed by atoms with Gasteiger partial charge in [0.25, 0.3) is 0 Å². The van der Waals surface area contributed by atoms with Gasteiger partial charge in [0.15, 0.2) is 0 Å². The van der Waals surface area contributed by atoms with Crippen LogP contribution in [0.25, 0.3) is 0 Å². The maximum atomic E-state index is 11.1. The van der Waals surface area contributed by atoms with Gasteiger partial charge in [-0.2, -0.15) is 0 Å². The van der Waals surface area contributed by atoms with Gasteiger partial charge >= 0.3 is 0 Å². The molecule has 0 aromatic heterocycles. The summed E-state index contributed by atoms with van der Waals surface area (Å²) in [7, 11) is 0. The number of unbranched alkanes of at least 4 members (excludes halogenated alkanes) is 2. The van der Waals surface area contributed by atoms with Gasteiger partial charge in [-0.25, -0.2) is 0 Å². The molecule has 0 aromatic rings. The van der Waals surface area contributed by atoms with Crippen LogP contribution in [-0.2, 0) is 14.4 Å². The second-order valence-electron chi connectivity index (χ2n) is 7.13. The average Bonchev–Trinajstić information content (AvgIpc) is 3.23. The SMILES string of the molecule is C=C(C=O)CCC.CCCC1(C=O)CC2C=CC1C2.CCCCC=O. The molecule has 2 rings (SSSR count). The third-order valence-electron chi connectivity index (χ3n) is 4.92. The van der Waals surface area contributed by atoms with Gasteiger partial charge in [0.2, 0.25) is 0 Å². The third-order valence-corrected chi connectivity index (χ3v) is 4.92. The summed E-state index contributed by atoms with van der Waals surface area (Å²) in [5.74, 6) is 1.28. The molecule has 0 saturated heterocycles. The first-order valence-electron chi connectivity index (χ1n) is 9.74. The van der Waals surface area contributed by atoms with E-state index < -0.39 is 0 Å². The second-order valence-corrected chi connectivity index (χ2v) is 7.13. The summed E-state index contributed by atoms with van der Waals surface area (Å²) in [5, 5.41) is 0. The minimum Gasteiger partial charge on any atom is -0.303 e. The fraction of sp³-hybridized carbons (Fsp3) is 0.682. The minimum atomic E-state index is 0.0359. The normalized spacial score (nSPS) is 25.2. The third kappa shape index (κ3) is 8.42. The van der Waals surface area contributed by atoms with Gasteiger partial charge in [-0.15, -0.1) is 0 Å². The summed E-state index contributed by atoms with van der Waals surface area (Å²) in [6, 6.07) is 0. The lowest BCUT2D eigenvalue weighted by atomic mass is 9.74. The van der Waals surface area contributed by atoms with Crippen molar-refractivity contribution in [1.82, 2.24) is 0 Å². The molecule has 2 aliphatic rings. The number of carbonyl (C=O) groups is 3. The van der Waals surface area contributed by atoms with Crippen molar-refractivity contribution in [2.24, 2.45) is 17.3 Å². The molecular formula is C22H36O3. The Kier molecular flexibility index (Phi) is 12.9. The van der Waals surface area contributed by atoms with E-state index in [-0.39, 0.29) is 5.41 Å². The Hall–Kier alpha value is -1.51. The molecular weight excluding hydrogens is 312 g/mol. The number of allylic oxidation sites excluding steroid dienone is 3. The zero-order valence-electron chi connectivity index (χ0n) is 16.3. The molecule has 0 spiro atoms. The molecule has 0 amide bonds. The van der Waals surface area contributed by atoms with Gasteiger partial charge < -0.3 is 9.59 Å². The fourth-order valence-corrected chi connectivity index (χ4v) is 3.61. The Bertz CT molecular complexity index is 439. The lowest BCUT2D eigenvalue weighted by Gasteiger charge is -2.29. The van der Waals surface area contributed by atoms with Crippen molar-refractivity contribution in [3.05, 3.63) is 24.3 Å². The van der Waals surface area contributed by atoms with Gasteiger partial charge in [-0.05, 0) is 49.5 Å². The topological polar surface area (TPSA) is 51.2 Å². The van der Waals surface area contributed by atoms with Crippen molar-refractivity contribution >= 4 is 18.9 Å². The summed E-state index contributed by atoms with van der Waals surface area (Å²) in [4.78, 5) is 30.4. The maximum Gasteiger partial charge on any atom is 0.145 e. The lowest BCUT2D eigenvalue weighted by Crippen LogP contribution is -2.27. The Labute approximate surface area is 154 Å². The first kappa shape index (κ1) is 23.5. The van der Waals surface area contributed by atoms with Crippen LogP contribution < -0.4 is 0 Å². The molecule has 2 bridgehead atoms. The van der Waals surface area contributed by atoms with Crippen LogP contribution in [0.2, 0.25) is 0 Å². The van der Waals surface area contributed by atoms with Gasteiger partial charge in [0.05, 0.1) is 0 Å². The Balaban J connectivity index is 0.000000383. The van der Waals surface area contributed by atoms with E-state index in [0.717, 1.165) is 63.9 Å². The van der Waals surface area contributed by atoms with Crippen LogP contribution in [-0.4, -0.2) is 18.9 Å². The Morgan fingerprint density at radius 3 is 2.12 bits per heavy atom. The largest absolute Gasteiger partial charge is 0.303 e. The van der Waals surface area contributed by atoms with Crippen LogP contribution >= 0.6 is 0 Å². The molecule has 1 fully saturated rings. The predicted molar refractivity (Wildman–Crippen MR) is 104 cm³/mol. The van der Waals surface area contributed by atoms with Crippen molar-refractivity contribution in [3.63, 3.8) is 0 Å². The average molecular weight is 349 g/mol. The smallest absolute Gasteiger partial charge is 0.145 e. The molecule has 3 unspecified atom stereocenters. The van der Waals surface area contributed by atoms with Crippen LogP contribution in [0, 0.1) is 17.3 Å². The highest BCUT2D eigenvalue weighted by Crippen LogP contribution is 2.53. The Morgan fingerprint density at radius 1 is 1.12 bits per heavy atom. The van der Waals surface area contributed by atoms with Crippen molar-refractivity contribution in [2.75, 3.05) is 0 Å². The number of aldehydes is 3. The molecule has 0 aliphatic heterocycles. The van der Waals surface area contributed by atoms with E-state index in [1.807, 2.05) is 6.92 Å². The van der Waals surface area contributed by atoms with Crippen molar-refractivity contribution < 1.29 is 14.4 Å². The maximum absolute atomic E-state index is 11.1. The highest BCUT2D eigenvalue weighted by Gasteiger charge is 2.47. The standard InChI is InChI=1S/C11H16O.C6H10O.C5H10O/c1-2-5-11(8-12)7-9-3-4-10(11)6-9;1-3-4-6(2)5-7;1-2-3-4-5-6/h3-4,8-10H,2,5-7H2,1H3;5H,2-4H2,1H3;5H,2-4H2,1H3. The predicted octanol–water partition coefficient (Wildman–Crippen LogP) is 5.48. The van der Waals surface area contributed by atoms with Crippen LogP contribution in [0.1, 0.15) is 78.6 Å². The molecule has 142 valence electrons. The second kappa shape index (κ2) is 13.7. The van der Waals surface area contributed by atoms with Crippen LogP contribution in [0.4, 0.5) is 0 Å². The summed E-state index contributed by atoms with van der Waals surface area (Å²) in [5.41, 5.74) is 0.733. The number of fused-ring (bicyclic) bond motifs is 2. The van der Waals surface area contributed by atoms with Crippen molar-refractivity contribution in [3.8, 4) is 0 Å². The molecule has 0 heterocycles. The summed E-state index contributed by atoms with van der Waals surface area (Å²) >= 11 is 0. The number of carbonyl (C=O) groups excluding carboxylic acids is 3. The molecule has 0 N–H and O–H groups in total. The first-order chi connectivity index (χ1) is 12.0. The molecule has 0 radical (unpaired) electrons. The monoisotopic (exact) mass is 348 g/mol. The highest BCUT2D eigenvalue weighted by atomic mass is 16.1. The van der Waals surface area contributed by atoms with E-state index in [1.54, 1.807) is 0 Å². The summed E-state index contributed by atoms with van der Waals surface area (Å²) in [6.45, 7) is 9.76. The first-order valence-corrected chi connectivity index (χ1v) is 9.74. The fourth-order valence-electron chi connectivity index (χ4n) is 3.61. The van der Waals surface area contributed by atoms with E-state index >= 15 is 0 Å². The zero-order chi connectivity index (χ0) is 19.1. The zero-order valence-corrected chi connectivity index (χ0v) is 16.3. The highest BCUT2D eigenvalue weighted by molar-refractivity contribution is 5.71. The summed E-state index contributed by atoms with van der Waals surface area (Å²) < 4.78 is 0. The van der Waals surface area contributed by atoms with E-state index in [1.165, 1.54) is 12.7 Å². The molecule has 3 nitrogen and oxygen atoms in total. The molecule has 1 saturated carbocycles. The van der Waals surface area contributed by atoms with Gasteiger partial charge in [0.1, 0.15) is 18.9 Å². The van der Waals surface area contributed by atoms with Gasteiger partial charge in [-0.3, -0.25) is 4.79 Å². The van der Waals surface area contributed by atoms with E-state index in [2.05, 4.69) is 32.6 Å². The van der Waals surface area contributed by atoms with Gasteiger partial charge in [0, 0.05) is 11.8 Å². The number of rotatable bonds is 9. The van der Waals surface area contributed by atoms with Crippen LogP contribution in [0.5, 0.6) is 0 Å².